The van der Waals surface area contributed by atoms with E-state index < -0.39 is 5.54 Å². The number of aromatic nitrogens is 1. The molecular weight excluding hydrogens is 440 g/mol. The van der Waals surface area contributed by atoms with Crippen LogP contribution in [0.5, 0.6) is 0 Å². The van der Waals surface area contributed by atoms with Gasteiger partial charge in [-0.2, -0.15) is 0 Å². The minimum absolute atomic E-state index is 0.0118. The topological polar surface area (TPSA) is 83.4 Å². The van der Waals surface area contributed by atoms with E-state index >= 15 is 0 Å². The van der Waals surface area contributed by atoms with Crippen molar-refractivity contribution in [3.8, 4) is 0 Å². The zero-order valence-electron chi connectivity index (χ0n) is 21.2. The van der Waals surface area contributed by atoms with E-state index in [1.165, 1.54) is 13.3 Å². The maximum absolute atomic E-state index is 14.4. The van der Waals surface area contributed by atoms with Crippen molar-refractivity contribution in [1.29, 1.82) is 0 Å². The second kappa shape index (κ2) is 9.32. The van der Waals surface area contributed by atoms with Crippen molar-refractivity contribution in [3.63, 3.8) is 0 Å². The molecule has 2 saturated carbocycles. The Kier molecular flexibility index (Phi) is 6.36. The third-order valence-electron chi connectivity index (χ3n) is 8.47. The van der Waals surface area contributed by atoms with Crippen LogP contribution < -0.4 is 10.6 Å². The molecule has 1 atom stereocenters. The summed E-state index contributed by atoms with van der Waals surface area (Å²) in [5.74, 6) is 0.214. The van der Waals surface area contributed by atoms with Crippen LogP contribution in [0.2, 0.25) is 0 Å². The summed E-state index contributed by atoms with van der Waals surface area (Å²) < 4.78 is 1.96. The molecule has 0 unspecified atom stereocenters. The minimum atomic E-state index is -0.998. The first-order valence-corrected chi connectivity index (χ1v) is 13.3. The van der Waals surface area contributed by atoms with Gasteiger partial charge in [-0.25, -0.2) is 0 Å². The number of carbonyl (C=O) groups excluding carboxylic acids is 3. The SMILES string of the molecule is CC(=O)Nc1c2n(c3ccccc13)C[C@@](C)(C(=O)NC1CCCCC1)N(C1CCC(C)CC1)C2=O. The molecule has 2 aliphatic carbocycles. The van der Waals surface area contributed by atoms with Crippen molar-refractivity contribution in [2.45, 2.75) is 103 Å². The molecule has 35 heavy (non-hydrogen) atoms. The molecule has 7 heteroatoms. The normalized spacial score (nSPS) is 27.5. The van der Waals surface area contributed by atoms with Gasteiger partial charge in [0, 0.05) is 24.4 Å². The first kappa shape index (κ1) is 23.9. The summed E-state index contributed by atoms with van der Waals surface area (Å²) >= 11 is 0. The van der Waals surface area contributed by atoms with E-state index in [0.717, 1.165) is 62.3 Å². The van der Waals surface area contributed by atoms with E-state index in [2.05, 4.69) is 17.6 Å². The zero-order chi connectivity index (χ0) is 24.7. The number of benzene rings is 1. The minimum Gasteiger partial charge on any atom is -0.351 e. The van der Waals surface area contributed by atoms with Crippen molar-refractivity contribution in [3.05, 3.63) is 30.0 Å². The number of amides is 3. The van der Waals surface area contributed by atoms with Crippen LogP contribution in [0, 0.1) is 5.92 Å². The van der Waals surface area contributed by atoms with Gasteiger partial charge in [0.05, 0.1) is 17.7 Å². The van der Waals surface area contributed by atoms with E-state index in [0.29, 0.717) is 23.8 Å². The lowest BCUT2D eigenvalue weighted by Crippen LogP contribution is -2.67. The molecule has 1 aliphatic heterocycles. The summed E-state index contributed by atoms with van der Waals surface area (Å²) in [7, 11) is 0. The lowest BCUT2D eigenvalue weighted by Gasteiger charge is -2.50. The Morgan fingerprint density at radius 3 is 2.37 bits per heavy atom. The van der Waals surface area contributed by atoms with Crippen molar-refractivity contribution in [2.24, 2.45) is 5.92 Å². The van der Waals surface area contributed by atoms with Crippen LogP contribution in [0.3, 0.4) is 0 Å². The predicted octanol–water partition coefficient (Wildman–Crippen LogP) is 4.84. The monoisotopic (exact) mass is 478 g/mol. The summed E-state index contributed by atoms with van der Waals surface area (Å²) in [6.45, 7) is 6.04. The predicted molar refractivity (Wildman–Crippen MR) is 137 cm³/mol. The van der Waals surface area contributed by atoms with Gasteiger partial charge in [-0.3, -0.25) is 14.4 Å². The molecule has 0 radical (unpaired) electrons. The first-order chi connectivity index (χ1) is 16.8. The van der Waals surface area contributed by atoms with Gasteiger partial charge in [0.25, 0.3) is 5.91 Å². The van der Waals surface area contributed by atoms with E-state index in [9.17, 15) is 14.4 Å². The third kappa shape index (κ3) is 4.23. The van der Waals surface area contributed by atoms with Crippen LogP contribution in [0.15, 0.2) is 24.3 Å². The molecule has 2 heterocycles. The van der Waals surface area contributed by atoms with Gasteiger partial charge in [0.2, 0.25) is 11.8 Å². The fourth-order valence-electron chi connectivity index (χ4n) is 6.55. The van der Waals surface area contributed by atoms with Gasteiger partial charge in [0.15, 0.2) is 0 Å². The van der Waals surface area contributed by atoms with Gasteiger partial charge in [-0.15, -0.1) is 0 Å². The van der Waals surface area contributed by atoms with Crippen molar-refractivity contribution in [1.82, 2.24) is 14.8 Å². The highest BCUT2D eigenvalue weighted by Gasteiger charge is 2.52. The number of anilines is 1. The fourth-order valence-corrected chi connectivity index (χ4v) is 6.55. The van der Waals surface area contributed by atoms with Gasteiger partial charge < -0.3 is 20.1 Å². The molecule has 188 valence electrons. The van der Waals surface area contributed by atoms with Crippen molar-refractivity contribution in [2.75, 3.05) is 5.32 Å². The molecule has 5 rings (SSSR count). The van der Waals surface area contributed by atoms with Crippen molar-refractivity contribution >= 4 is 34.3 Å². The number of para-hydroxylation sites is 1. The Morgan fingerprint density at radius 2 is 1.69 bits per heavy atom. The second-order valence-corrected chi connectivity index (χ2v) is 11.2. The highest BCUT2D eigenvalue weighted by Crippen LogP contribution is 2.42. The van der Waals surface area contributed by atoms with Crippen LogP contribution in [-0.4, -0.2) is 44.8 Å². The van der Waals surface area contributed by atoms with E-state index in [-0.39, 0.29) is 29.8 Å². The van der Waals surface area contributed by atoms with Gasteiger partial charge >= 0.3 is 0 Å². The number of hydrogen-bond acceptors (Lipinski definition) is 3. The number of nitrogens with zero attached hydrogens (tertiary/aromatic N) is 2. The molecule has 3 amide bonds. The van der Waals surface area contributed by atoms with Crippen LogP contribution in [0.1, 0.15) is 89.0 Å². The van der Waals surface area contributed by atoms with Crippen molar-refractivity contribution < 1.29 is 14.4 Å². The molecule has 0 saturated heterocycles. The molecule has 1 aromatic carbocycles. The molecule has 2 aromatic rings. The van der Waals surface area contributed by atoms with Crippen LogP contribution in [-0.2, 0) is 16.1 Å². The van der Waals surface area contributed by atoms with Gasteiger partial charge in [0.1, 0.15) is 11.2 Å². The molecule has 2 N–H and O–H groups in total. The molecule has 2 fully saturated rings. The number of fused-ring (bicyclic) bond motifs is 3. The highest BCUT2D eigenvalue weighted by molar-refractivity contribution is 6.14. The van der Waals surface area contributed by atoms with Gasteiger partial charge in [-0.1, -0.05) is 44.4 Å². The molecule has 1 aromatic heterocycles. The zero-order valence-corrected chi connectivity index (χ0v) is 21.2. The Labute approximate surface area is 207 Å². The average Bonchev–Trinajstić information content (AvgIpc) is 3.13. The fraction of sp³-hybridized carbons (Fsp3) is 0.607. The summed E-state index contributed by atoms with van der Waals surface area (Å²) in [5, 5.41) is 7.09. The van der Waals surface area contributed by atoms with Crippen LogP contribution in [0.4, 0.5) is 5.69 Å². The smallest absolute Gasteiger partial charge is 0.273 e. The molecule has 7 nitrogen and oxygen atoms in total. The lowest BCUT2D eigenvalue weighted by atomic mass is 9.82. The van der Waals surface area contributed by atoms with E-state index in [4.69, 9.17) is 0 Å². The molecular formula is C28H38N4O3. The standard InChI is InChI=1S/C28H38N4O3/c1-18-13-15-21(16-14-18)32-26(34)25-24(29-19(2)33)22-11-7-8-12-23(22)31(25)17-28(32,3)27(35)30-20-9-5-4-6-10-20/h7-8,11-12,18,20-21H,4-6,9-10,13-17H2,1-3H3,(H,29,33)(H,30,35)/t18?,21?,28-/m0/s1. The molecule has 0 spiro atoms. The van der Waals surface area contributed by atoms with Gasteiger partial charge in [-0.05, 0) is 57.4 Å². The summed E-state index contributed by atoms with van der Waals surface area (Å²) in [5.41, 5.74) is 0.917. The largest absolute Gasteiger partial charge is 0.351 e. The number of rotatable bonds is 4. The third-order valence-corrected chi connectivity index (χ3v) is 8.47. The molecule has 3 aliphatic rings. The number of nitrogens with one attached hydrogen (secondary N) is 2. The summed E-state index contributed by atoms with van der Waals surface area (Å²) in [4.78, 5) is 42.3. The number of carbonyl (C=O) groups is 3. The highest BCUT2D eigenvalue weighted by atomic mass is 16.2. The Balaban J connectivity index is 1.61. The Hall–Kier alpha value is -2.83. The first-order valence-electron chi connectivity index (χ1n) is 13.3. The Bertz CT molecular complexity index is 1140. The summed E-state index contributed by atoms with van der Waals surface area (Å²) in [6.07, 6.45) is 9.40. The second-order valence-electron chi connectivity index (χ2n) is 11.2. The quantitative estimate of drug-likeness (QED) is 0.659. The van der Waals surface area contributed by atoms with Crippen LogP contribution >= 0.6 is 0 Å². The lowest BCUT2D eigenvalue weighted by molar-refractivity contribution is -0.135. The maximum atomic E-state index is 14.4. The summed E-state index contributed by atoms with van der Waals surface area (Å²) in [6, 6.07) is 7.94. The van der Waals surface area contributed by atoms with E-state index in [1.807, 2.05) is 40.7 Å². The van der Waals surface area contributed by atoms with Crippen LogP contribution in [0.25, 0.3) is 10.9 Å². The van der Waals surface area contributed by atoms with E-state index in [1.54, 1.807) is 0 Å². The average molecular weight is 479 g/mol. The maximum Gasteiger partial charge on any atom is 0.273 e. The Morgan fingerprint density at radius 1 is 1.00 bits per heavy atom. The molecule has 0 bridgehead atoms. The number of hydrogen-bond donors (Lipinski definition) is 2.